The monoisotopic (exact) mass is 299 g/mol. The Bertz CT molecular complexity index is 531. The van der Waals surface area contributed by atoms with E-state index in [-0.39, 0.29) is 6.04 Å². The first kappa shape index (κ1) is 15.1. The van der Waals surface area contributed by atoms with E-state index in [1.807, 2.05) is 23.8 Å². The number of hydrogen-bond acceptors (Lipinski definition) is 2. The second-order valence-electron chi connectivity index (χ2n) is 4.64. The van der Waals surface area contributed by atoms with Crippen molar-refractivity contribution < 1.29 is 13.2 Å². The summed E-state index contributed by atoms with van der Waals surface area (Å²) >= 11 is 1.57. The minimum absolute atomic E-state index is 0.228. The van der Waals surface area contributed by atoms with Crippen LogP contribution in [0, 0.1) is 17.5 Å². The molecule has 1 nitrogen and oxygen atoms in total. The first-order valence-corrected chi connectivity index (χ1v) is 7.45. The van der Waals surface area contributed by atoms with Crippen molar-refractivity contribution >= 4 is 11.3 Å². The molecule has 1 N–H and O–H groups in total. The third kappa shape index (κ3) is 3.61. The van der Waals surface area contributed by atoms with Crippen LogP contribution in [0.25, 0.3) is 0 Å². The average Bonchev–Trinajstić information content (AvgIpc) is 2.93. The van der Waals surface area contributed by atoms with Gasteiger partial charge in [0.15, 0.2) is 17.5 Å². The van der Waals surface area contributed by atoms with Crippen LogP contribution in [-0.4, -0.2) is 6.54 Å². The number of hydrogen-bond donors (Lipinski definition) is 1. The second kappa shape index (κ2) is 6.90. The number of rotatable bonds is 6. The summed E-state index contributed by atoms with van der Waals surface area (Å²) in [5.74, 6) is -3.71. The van der Waals surface area contributed by atoms with Crippen LogP contribution in [0.4, 0.5) is 13.2 Å². The largest absolute Gasteiger partial charge is 0.310 e. The molecule has 0 aliphatic carbocycles. The van der Waals surface area contributed by atoms with E-state index in [9.17, 15) is 13.2 Å². The lowest BCUT2D eigenvalue weighted by molar-refractivity contribution is 0.438. The average molecular weight is 299 g/mol. The fourth-order valence-corrected chi connectivity index (χ4v) is 2.73. The van der Waals surface area contributed by atoms with Crippen molar-refractivity contribution in [3.05, 3.63) is 57.5 Å². The Hall–Kier alpha value is -1.33. The third-order valence-corrected chi connectivity index (χ3v) is 3.80. The van der Waals surface area contributed by atoms with Crippen LogP contribution in [-0.2, 0) is 6.42 Å². The molecule has 1 unspecified atom stereocenters. The van der Waals surface area contributed by atoms with Gasteiger partial charge in [0.1, 0.15) is 0 Å². The normalized spacial score (nSPS) is 12.6. The van der Waals surface area contributed by atoms with Gasteiger partial charge in [-0.1, -0.05) is 6.92 Å². The van der Waals surface area contributed by atoms with Gasteiger partial charge in [-0.3, -0.25) is 0 Å². The van der Waals surface area contributed by atoms with Gasteiger partial charge in [-0.2, -0.15) is 11.3 Å². The molecule has 1 aromatic heterocycles. The Labute approximate surface area is 120 Å². The van der Waals surface area contributed by atoms with E-state index < -0.39 is 17.5 Å². The number of halogens is 3. The number of thiophene rings is 1. The third-order valence-electron chi connectivity index (χ3n) is 3.07. The van der Waals surface area contributed by atoms with E-state index in [1.165, 1.54) is 0 Å². The van der Waals surface area contributed by atoms with Gasteiger partial charge in [0.05, 0.1) is 0 Å². The number of benzene rings is 1. The van der Waals surface area contributed by atoms with Crippen molar-refractivity contribution in [2.24, 2.45) is 0 Å². The van der Waals surface area contributed by atoms with E-state index in [4.69, 9.17) is 0 Å². The van der Waals surface area contributed by atoms with Gasteiger partial charge in [-0.15, -0.1) is 0 Å². The Morgan fingerprint density at radius 3 is 2.45 bits per heavy atom. The molecule has 0 saturated carbocycles. The maximum Gasteiger partial charge on any atom is 0.194 e. The van der Waals surface area contributed by atoms with Gasteiger partial charge < -0.3 is 5.32 Å². The molecule has 108 valence electrons. The maximum atomic E-state index is 13.4. The zero-order valence-electron chi connectivity index (χ0n) is 11.1. The first-order valence-electron chi connectivity index (χ1n) is 6.50. The molecule has 0 radical (unpaired) electrons. The number of nitrogens with one attached hydrogen (secondary N) is 1. The fourth-order valence-electron chi connectivity index (χ4n) is 2.05. The van der Waals surface area contributed by atoms with Crippen molar-refractivity contribution in [2.45, 2.75) is 25.8 Å². The van der Waals surface area contributed by atoms with Gasteiger partial charge in [0.2, 0.25) is 0 Å². The molecule has 0 saturated heterocycles. The Morgan fingerprint density at radius 1 is 1.20 bits per heavy atom. The van der Waals surface area contributed by atoms with Crippen LogP contribution >= 0.6 is 11.3 Å². The zero-order valence-corrected chi connectivity index (χ0v) is 11.9. The van der Waals surface area contributed by atoms with Crippen molar-refractivity contribution in [1.29, 1.82) is 0 Å². The summed E-state index contributed by atoms with van der Waals surface area (Å²) in [4.78, 5) is 0. The van der Waals surface area contributed by atoms with Crippen LogP contribution in [0.5, 0.6) is 0 Å². The molecule has 0 spiro atoms. The van der Waals surface area contributed by atoms with Gasteiger partial charge in [-0.25, -0.2) is 13.2 Å². The molecule has 0 aliphatic rings. The summed E-state index contributed by atoms with van der Waals surface area (Å²) in [5.41, 5.74) is 1.52. The topological polar surface area (TPSA) is 12.0 Å². The van der Waals surface area contributed by atoms with Gasteiger partial charge in [0, 0.05) is 6.04 Å². The quantitative estimate of drug-likeness (QED) is 0.777. The van der Waals surface area contributed by atoms with Crippen LogP contribution in [0.1, 0.15) is 30.5 Å². The van der Waals surface area contributed by atoms with Crippen molar-refractivity contribution in [2.75, 3.05) is 6.54 Å². The van der Waals surface area contributed by atoms with E-state index in [0.29, 0.717) is 12.0 Å². The molecular formula is C15H16F3NS. The predicted octanol–water partition coefficient (Wildman–Crippen LogP) is 4.45. The van der Waals surface area contributed by atoms with Gasteiger partial charge >= 0.3 is 0 Å². The zero-order chi connectivity index (χ0) is 14.5. The summed E-state index contributed by atoms with van der Waals surface area (Å²) in [6, 6.07) is 3.88. The molecule has 20 heavy (non-hydrogen) atoms. The standard InChI is InChI=1S/C15H16F3NS/c1-2-4-19-14(6-10-3-5-20-9-10)11-7-12(16)15(18)13(17)8-11/h3,5,7-9,14,19H,2,4,6H2,1H3. The van der Waals surface area contributed by atoms with E-state index in [0.717, 1.165) is 30.7 Å². The lowest BCUT2D eigenvalue weighted by atomic mass is 10.00. The summed E-state index contributed by atoms with van der Waals surface area (Å²) in [7, 11) is 0. The highest BCUT2D eigenvalue weighted by Gasteiger charge is 2.17. The Kier molecular flexibility index (Phi) is 5.20. The highest BCUT2D eigenvalue weighted by molar-refractivity contribution is 7.07. The van der Waals surface area contributed by atoms with E-state index >= 15 is 0 Å². The van der Waals surface area contributed by atoms with Crippen LogP contribution in [0.15, 0.2) is 29.0 Å². The molecular weight excluding hydrogens is 283 g/mol. The highest BCUT2D eigenvalue weighted by Crippen LogP contribution is 2.23. The minimum atomic E-state index is -1.42. The summed E-state index contributed by atoms with van der Waals surface area (Å²) in [5, 5.41) is 7.20. The summed E-state index contributed by atoms with van der Waals surface area (Å²) < 4.78 is 39.8. The van der Waals surface area contributed by atoms with Crippen LogP contribution < -0.4 is 5.32 Å². The van der Waals surface area contributed by atoms with E-state index in [1.54, 1.807) is 11.3 Å². The lowest BCUT2D eigenvalue weighted by Gasteiger charge is -2.19. The smallest absolute Gasteiger partial charge is 0.194 e. The first-order chi connectivity index (χ1) is 9.61. The molecule has 0 amide bonds. The maximum absolute atomic E-state index is 13.4. The van der Waals surface area contributed by atoms with Crippen molar-refractivity contribution in [3.8, 4) is 0 Å². The molecule has 5 heteroatoms. The summed E-state index contributed by atoms with van der Waals surface area (Å²) in [6.45, 7) is 2.75. The minimum Gasteiger partial charge on any atom is -0.310 e. The fraction of sp³-hybridized carbons (Fsp3) is 0.333. The molecule has 1 atom stereocenters. The van der Waals surface area contributed by atoms with Gasteiger partial charge in [-0.05, 0) is 59.5 Å². The molecule has 0 aliphatic heterocycles. The summed E-state index contributed by atoms with van der Waals surface area (Å²) in [6.07, 6.45) is 1.53. The molecule has 1 aromatic carbocycles. The highest BCUT2D eigenvalue weighted by atomic mass is 32.1. The molecule has 0 bridgehead atoms. The Balaban J connectivity index is 2.25. The Morgan fingerprint density at radius 2 is 1.90 bits per heavy atom. The van der Waals surface area contributed by atoms with Crippen LogP contribution in [0.3, 0.4) is 0 Å². The second-order valence-corrected chi connectivity index (χ2v) is 5.42. The van der Waals surface area contributed by atoms with Crippen molar-refractivity contribution in [1.82, 2.24) is 5.32 Å². The molecule has 2 aromatic rings. The SMILES string of the molecule is CCCNC(Cc1ccsc1)c1cc(F)c(F)c(F)c1. The lowest BCUT2D eigenvalue weighted by Crippen LogP contribution is -2.24. The van der Waals surface area contributed by atoms with Crippen molar-refractivity contribution in [3.63, 3.8) is 0 Å². The van der Waals surface area contributed by atoms with Crippen LogP contribution in [0.2, 0.25) is 0 Å². The van der Waals surface area contributed by atoms with E-state index in [2.05, 4.69) is 5.32 Å². The molecule has 1 heterocycles. The predicted molar refractivity (Wildman–Crippen MR) is 75.4 cm³/mol. The molecule has 0 fully saturated rings. The molecule has 2 rings (SSSR count). The van der Waals surface area contributed by atoms with Gasteiger partial charge in [0.25, 0.3) is 0 Å².